The van der Waals surface area contributed by atoms with Crippen LogP contribution in [0, 0.1) is 5.92 Å². The Morgan fingerprint density at radius 2 is 1.65 bits per heavy atom. The van der Waals surface area contributed by atoms with E-state index in [1.807, 2.05) is 13.8 Å². The van der Waals surface area contributed by atoms with Crippen molar-refractivity contribution in [3.8, 4) is 5.75 Å². The average molecular weight is 716 g/mol. The number of H-pyrrole nitrogens is 1. The first-order chi connectivity index (χ1) is 24.9. The summed E-state index contributed by atoms with van der Waals surface area (Å²) < 4.78 is 25.1. The van der Waals surface area contributed by atoms with Crippen molar-refractivity contribution in [2.45, 2.75) is 71.3 Å². The van der Waals surface area contributed by atoms with Crippen molar-refractivity contribution in [3.63, 3.8) is 0 Å². The first-order valence-electron chi connectivity index (χ1n) is 17.0. The molecule has 278 valence electrons. The molecule has 3 rings (SSSR count). The predicted molar refractivity (Wildman–Crippen MR) is 180 cm³/mol. The first kappa shape index (κ1) is 38.4. The number of nitrogens with zero attached hydrogens (tertiary/aromatic N) is 4. The van der Waals surface area contributed by atoms with Gasteiger partial charge in [-0.1, -0.05) is 31.2 Å². The second-order valence-corrected chi connectivity index (χ2v) is 11.9. The Labute approximate surface area is 296 Å². The minimum absolute atomic E-state index is 0.0421. The van der Waals surface area contributed by atoms with Crippen LogP contribution < -0.4 is 21.3 Å². The molecule has 18 nitrogen and oxygen atoms in total. The summed E-state index contributed by atoms with van der Waals surface area (Å²) in [5, 5.41) is 27.5. The average Bonchev–Trinajstić information content (AvgIpc) is 3.77. The first-order valence-corrected chi connectivity index (χ1v) is 16.5. The molecule has 0 aliphatic rings. The largest absolute Gasteiger partial charge is 0.508 e. The van der Waals surface area contributed by atoms with Gasteiger partial charge in [0.05, 0.1) is 65.2 Å². The molecule has 4 amide bonds. The Hall–Kier alpha value is -5.36. The van der Waals surface area contributed by atoms with E-state index < -0.39 is 54.1 Å². The highest BCUT2D eigenvalue weighted by atomic mass is 16.5. The molecule has 6 N–H and O–H groups in total. The van der Waals surface area contributed by atoms with Crippen LogP contribution in [0.3, 0.4) is 0 Å². The van der Waals surface area contributed by atoms with Gasteiger partial charge >= 0.3 is 5.97 Å². The number of esters is 1. The molecule has 2 aromatic heterocycles. The van der Waals surface area contributed by atoms with E-state index in [9.17, 15) is 29.1 Å². The van der Waals surface area contributed by atoms with Crippen LogP contribution in [0.5, 0.6) is 5.75 Å². The third kappa shape index (κ3) is 15.8. The third-order valence-corrected chi connectivity index (χ3v) is 7.16. The van der Waals surface area contributed by atoms with E-state index in [2.05, 4.69) is 41.5 Å². The lowest BCUT2D eigenvalue weighted by atomic mass is 10.0. The minimum atomic E-state index is -1.36. The summed E-state index contributed by atoms with van der Waals surface area (Å²) in [4.78, 5) is 71.8. The smallest absolute Gasteiger partial charge is 0.308 e. The van der Waals surface area contributed by atoms with Gasteiger partial charge in [0, 0.05) is 26.1 Å². The van der Waals surface area contributed by atoms with Gasteiger partial charge in [-0.05, 0) is 30.0 Å². The minimum Gasteiger partial charge on any atom is -0.508 e. The summed E-state index contributed by atoms with van der Waals surface area (Å²) in [6, 6.07) is 2.61. The van der Waals surface area contributed by atoms with Crippen LogP contribution in [0.4, 0.5) is 0 Å². The van der Waals surface area contributed by atoms with Crippen molar-refractivity contribution >= 4 is 29.6 Å². The molecule has 0 unspecified atom stereocenters. The predicted octanol–water partition coefficient (Wildman–Crippen LogP) is -0.247. The fourth-order valence-electron chi connectivity index (χ4n) is 4.69. The van der Waals surface area contributed by atoms with Gasteiger partial charge in [0.15, 0.2) is 0 Å². The summed E-state index contributed by atoms with van der Waals surface area (Å²) >= 11 is 0. The molecule has 0 saturated heterocycles. The van der Waals surface area contributed by atoms with Crippen LogP contribution in [0.25, 0.3) is 0 Å². The molecule has 0 saturated carbocycles. The number of imidazole rings is 1. The van der Waals surface area contributed by atoms with Gasteiger partial charge in [-0.2, -0.15) is 0 Å². The lowest BCUT2D eigenvalue weighted by molar-refractivity contribution is -0.147. The zero-order valence-corrected chi connectivity index (χ0v) is 28.9. The van der Waals surface area contributed by atoms with Crippen LogP contribution in [0.1, 0.15) is 46.2 Å². The van der Waals surface area contributed by atoms with E-state index in [0.29, 0.717) is 24.4 Å². The van der Waals surface area contributed by atoms with Crippen molar-refractivity contribution in [2.24, 2.45) is 5.92 Å². The SMILES string of the molecule is [3H]c1cn(CCOCCOCCNC(=O)[C@H](CC(=O)OCc2cnc[nH]2)NC(=O)[C@@H](CC(C)C)NC(=O)[C@H](Cc2ccc(O)cc2)NC(C)=O)nn1. The van der Waals surface area contributed by atoms with Gasteiger partial charge < -0.3 is 45.6 Å². The summed E-state index contributed by atoms with van der Waals surface area (Å²) in [7, 11) is 0. The van der Waals surface area contributed by atoms with Gasteiger partial charge in [0.1, 0.15) is 30.5 Å². The van der Waals surface area contributed by atoms with E-state index >= 15 is 0 Å². The Balaban J connectivity index is 1.59. The zero-order valence-electron chi connectivity index (χ0n) is 29.9. The lowest BCUT2D eigenvalue weighted by Crippen LogP contribution is -2.57. The van der Waals surface area contributed by atoms with Crippen molar-refractivity contribution in [1.29, 1.82) is 0 Å². The Morgan fingerprint density at radius 3 is 2.29 bits per heavy atom. The number of aromatic hydroxyl groups is 1. The van der Waals surface area contributed by atoms with Crippen LogP contribution in [0.2, 0.25) is 0 Å². The summed E-state index contributed by atoms with van der Waals surface area (Å²) in [6.45, 7) is 6.28. The molecule has 0 radical (unpaired) electrons. The molecule has 18 heteroatoms. The number of phenolic OH excluding ortho intramolecular Hbond substituents is 1. The number of carbonyl (C=O) groups is 5. The Kier molecular flexibility index (Phi) is 16.3. The number of ether oxygens (including phenoxy) is 3. The normalized spacial score (nSPS) is 13.1. The van der Waals surface area contributed by atoms with E-state index in [4.69, 9.17) is 15.6 Å². The number of aromatic nitrogens is 5. The fourth-order valence-corrected chi connectivity index (χ4v) is 4.69. The molecule has 2 heterocycles. The highest BCUT2D eigenvalue weighted by molar-refractivity contribution is 5.95. The number of carbonyl (C=O) groups excluding carboxylic acids is 5. The molecule has 0 spiro atoms. The monoisotopic (exact) mass is 715 g/mol. The van der Waals surface area contributed by atoms with Gasteiger partial charge in [0.2, 0.25) is 23.6 Å². The molecular weight excluding hydrogens is 666 g/mol. The highest BCUT2D eigenvalue weighted by Gasteiger charge is 2.31. The molecule has 0 fully saturated rings. The van der Waals surface area contributed by atoms with E-state index in [0.717, 1.165) is 0 Å². The number of benzene rings is 1. The number of amides is 4. The molecular formula is C33H47N9O9. The van der Waals surface area contributed by atoms with Crippen molar-refractivity contribution < 1.29 is 44.7 Å². The molecule has 51 heavy (non-hydrogen) atoms. The second kappa shape index (κ2) is 21.7. The van der Waals surface area contributed by atoms with E-state index in [1.54, 1.807) is 12.1 Å². The number of phenols is 1. The number of aromatic amines is 1. The second-order valence-electron chi connectivity index (χ2n) is 11.9. The zero-order chi connectivity index (χ0) is 37.9. The maximum Gasteiger partial charge on any atom is 0.308 e. The molecule has 3 aromatic rings. The third-order valence-electron chi connectivity index (χ3n) is 7.16. The topological polar surface area (TPSA) is 241 Å². The molecule has 0 aliphatic carbocycles. The van der Waals surface area contributed by atoms with Crippen LogP contribution in [-0.4, -0.2) is 111 Å². The molecule has 0 aliphatic heterocycles. The van der Waals surface area contributed by atoms with Crippen molar-refractivity contribution in [3.05, 3.63) is 60.4 Å². The summed E-state index contributed by atoms with van der Waals surface area (Å²) in [5.41, 5.74) is 1.19. The van der Waals surface area contributed by atoms with Gasteiger partial charge in [-0.3, -0.25) is 28.7 Å². The number of rotatable bonds is 23. The maximum absolute atomic E-state index is 13.6. The Bertz CT molecular complexity index is 1570. The lowest BCUT2D eigenvalue weighted by Gasteiger charge is -2.26. The Morgan fingerprint density at radius 1 is 0.941 bits per heavy atom. The fraction of sp³-hybridized carbons (Fsp3) is 0.515. The van der Waals surface area contributed by atoms with Gasteiger partial charge in [-0.15, -0.1) is 5.10 Å². The summed E-state index contributed by atoms with van der Waals surface area (Å²) in [5.74, 6) is -3.28. The van der Waals surface area contributed by atoms with Crippen molar-refractivity contribution in [2.75, 3.05) is 33.0 Å². The standard InChI is InChI=1S/C33H47N9O9/c1-22(2)16-27(39-33(48)28(38-23(3)43)17-24-4-6-26(44)7-5-24)32(47)40-29(18-30(45)51-20-25-19-34-21-36-25)31(46)35-9-12-49-14-15-50-13-11-42-10-8-37-41-42/h4-8,10,19,21-22,27-29,44H,9,11-18,20H2,1-3H3,(H,34,36)(H,35,46)(H,38,43)(H,39,48)(H,40,47)/t27-,28+,29+/m1/s1/i8T. The highest BCUT2D eigenvalue weighted by Crippen LogP contribution is 2.13. The quantitative estimate of drug-likeness (QED) is 0.0551. The van der Waals surface area contributed by atoms with Crippen LogP contribution in [0.15, 0.2) is 49.2 Å². The molecule has 3 atom stereocenters. The van der Waals surface area contributed by atoms with E-state index in [-0.39, 0.29) is 63.7 Å². The number of hydrogen-bond donors (Lipinski definition) is 6. The molecule has 0 bridgehead atoms. The van der Waals surface area contributed by atoms with Crippen LogP contribution in [-0.2, 0) is 57.8 Å². The van der Waals surface area contributed by atoms with Gasteiger partial charge in [-0.25, -0.2) is 4.98 Å². The van der Waals surface area contributed by atoms with Gasteiger partial charge in [0.25, 0.3) is 0 Å². The summed E-state index contributed by atoms with van der Waals surface area (Å²) in [6.07, 6.45) is 4.20. The number of nitrogens with one attached hydrogen (secondary N) is 5. The number of hydrogen-bond acceptors (Lipinski definition) is 12. The van der Waals surface area contributed by atoms with Crippen molar-refractivity contribution in [1.82, 2.24) is 46.2 Å². The van der Waals surface area contributed by atoms with Crippen LogP contribution >= 0.6 is 0 Å². The maximum atomic E-state index is 13.6. The molecule has 1 aromatic carbocycles. The van der Waals surface area contributed by atoms with E-state index in [1.165, 1.54) is 42.5 Å².